The van der Waals surface area contributed by atoms with Crippen LogP contribution in [-0.4, -0.2) is 35.9 Å². The predicted molar refractivity (Wildman–Crippen MR) is 133 cm³/mol. The van der Waals surface area contributed by atoms with Crippen molar-refractivity contribution in [3.05, 3.63) is 83.4 Å². The lowest BCUT2D eigenvalue weighted by molar-refractivity contribution is 0.102. The smallest absolute Gasteiger partial charge is 0.191 e. The van der Waals surface area contributed by atoms with Crippen LogP contribution in [0.3, 0.4) is 0 Å². The van der Waals surface area contributed by atoms with Crippen molar-refractivity contribution in [1.29, 1.82) is 0 Å². The van der Waals surface area contributed by atoms with E-state index in [0.717, 1.165) is 59.4 Å². The zero-order valence-corrected chi connectivity index (χ0v) is 20.2. The van der Waals surface area contributed by atoms with Gasteiger partial charge in [-0.15, -0.1) is 10.2 Å². The minimum atomic E-state index is 0.121. The summed E-state index contributed by atoms with van der Waals surface area (Å²) in [4.78, 5) is 17.2. The van der Waals surface area contributed by atoms with Gasteiger partial charge in [-0.05, 0) is 50.5 Å². The molecule has 0 spiro atoms. The van der Waals surface area contributed by atoms with Crippen molar-refractivity contribution in [1.82, 2.24) is 24.3 Å². The average molecular weight is 460 g/mol. The van der Waals surface area contributed by atoms with Crippen LogP contribution in [-0.2, 0) is 19.5 Å². The van der Waals surface area contributed by atoms with Gasteiger partial charge >= 0.3 is 0 Å². The van der Waals surface area contributed by atoms with Crippen molar-refractivity contribution >= 4 is 17.5 Å². The molecule has 0 amide bonds. The highest BCUT2D eigenvalue weighted by Gasteiger charge is 2.19. The second-order valence-electron chi connectivity index (χ2n) is 8.08. The number of aryl methyl sites for hydroxylation is 2. The van der Waals surface area contributed by atoms with Crippen LogP contribution in [0.15, 0.2) is 66.1 Å². The molecule has 0 unspecified atom stereocenters. The Balaban J connectivity index is 1.47. The van der Waals surface area contributed by atoms with Gasteiger partial charge < -0.3 is 9.13 Å². The maximum absolute atomic E-state index is 13.1. The van der Waals surface area contributed by atoms with Crippen molar-refractivity contribution in [2.75, 3.05) is 5.75 Å². The van der Waals surface area contributed by atoms with Gasteiger partial charge in [-0.25, -0.2) is 0 Å². The van der Waals surface area contributed by atoms with Crippen LogP contribution in [0.4, 0.5) is 0 Å². The summed E-state index contributed by atoms with van der Waals surface area (Å²) in [6, 6.07) is 16.3. The van der Waals surface area contributed by atoms with Gasteiger partial charge in [0.1, 0.15) is 0 Å². The average Bonchev–Trinajstić information content (AvgIpc) is 3.37. The maximum atomic E-state index is 13.1. The maximum Gasteiger partial charge on any atom is 0.191 e. The Hall–Kier alpha value is -3.19. The molecule has 33 heavy (non-hydrogen) atoms. The number of benzene rings is 1. The highest BCUT2D eigenvalue weighted by atomic mass is 32.2. The number of pyridine rings is 1. The molecule has 4 aromatic rings. The number of hydrogen-bond acceptors (Lipinski definition) is 5. The van der Waals surface area contributed by atoms with Crippen molar-refractivity contribution in [3.8, 4) is 11.4 Å². The van der Waals surface area contributed by atoms with E-state index in [9.17, 15) is 4.79 Å². The number of aromatic nitrogens is 5. The minimum Gasteiger partial charge on any atom is -0.348 e. The number of thioether (sulfide) groups is 1. The van der Waals surface area contributed by atoms with Gasteiger partial charge in [-0.3, -0.25) is 9.78 Å². The van der Waals surface area contributed by atoms with Crippen molar-refractivity contribution < 1.29 is 4.79 Å². The van der Waals surface area contributed by atoms with Crippen LogP contribution < -0.4 is 0 Å². The highest BCUT2D eigenvalue weighted by molar-refractivity contribution is 7.99. The summed E-state index contributed by atoms with van der Waals surface area (Å²) in [7, 11) is 0. The molecule has 0 saturated carbocycles. The van der Waals surface area contributed by atoms with Gasteiger partial charge in [-0.1, -0.05) is 49.0 Å². The molecule has 3 aromatic heterocycles. The van der Waals surface area contributed by atoms with Crippen LogP contribution in [0.5, 0.6) is 0 Å². The molecule has 170 valence electrons. The SMILES string of the molecule is CCCn1c(SCC(=O)c2cc(C)n(CCc3ccccc3)c2C)nnc1-c1ccncc1. The summed E-state index contributed by atoms with van der Waals surface area (Å²) in [5.41, 5.74) is 5.22. The molecule has 0 bridgehead atoms. The van der Waals surface area contributed by atoms with E-state index in [2.05, 4.69) is 62.4 Å². The highest BCUT2D eigenvalue weighted by Crippen LogP contribution is 2.26. The van der Waals surface area contributed by atoms with E-state index in [-0.39, 0.29) is 5.78 Å². The Kier molecular flexibility index (Phi) is 7.40. The Morgan fingerprint density at radius 3 is 2.45 bits per heavy atom. The quantitative estimate of drug-likeness (QED) is 0.235. The predicted octanol–water partition coefficient (Wildman–Crippen LogP) is 5.39. The normalized spacial score (nSPS) is 11.1. The topological polar surface area (TPSA) is 65.6 Å². The first-order valence-corrected chi connectivity index (χ1v) is 12.3. The van der Waals surface area contributed by atoms with Gasteiger partial charge in [0.2, 0.25) is 0 Å². The van der Waals surface area contributed by atoms with Gasteiger partial charge in [0.05, 0.1) is 5.75 Å². The third kappa shape index (κ3) is 5.25. The van der Waals surface area contributed by atoms with E-state index in [1.165, 1.54) is 17.3 Å². The summed E-state index contributed by atoms with van der Waals surface area (Å²) in [6.07, 6.45) is 5.41. The Morgan fingerprint density at radius 1 is 0.970 bits per heavy atom. The van der Waals surface area contributed by atoms with E-state index < -0.39 is 0 Å². The van der Waals surface area contributed by atoms with Crippen LogP contribution in [0.1, 0.15) is 40.7 Å². The number of nitrogens with zero attached hydrogens (tertiary/aromatic N) is 5. The lowest BCUT2D eigenvalue weighted by atomic mass is 10.1. The van der Waals surface area contributed by atoms with Gasteiger partial charge in [-0.2, -0.15) is 0 Å². The molecular weight excluding hydrogens is 430 g/mol. The second kappa shape index (κ2) is 10.6. The number of ketones is 1. The standard InChI is InChI=1S/C26H29N5OS/c1-4-15-31-25(22-10-13-27-14-11-22)28-29-26(31)33-18-24(32)23-17-19(2)30(20(23)3)16-12-21-8-6-5-7-9-21/h5-11,13-14,17H,4,12,15-16,18H2,1-3H3. The molecule has 0 aliphatic carbocycles. The van der Waals surface area contributed by atoms with E-state index in [1.54, 1.807) is 12.4 Å². The molecule has 0 saturated heterocycles. The molecule has 0 N–H and O–H groups in total. The Morgan fingerprint density at radius 2 is 1.73 bits per heavy atom. The summed E-state index contributed by atoms with van der Waals surface area (Å²) in [6.45, 7) is 7.90. The zero-order chi connectivity index (χ0) is 23.2. The van der Waals surface area contributed by atoms with E-state index in [4.69, 9.17) is 0 Å². The van der Waals surface area contributed by atoms with Crippen LogP contribution in [0.2, 0.25) is 0 Å². The molecule has 0 fully saturated rings. The van der Waals surface area contributed by atoms with Gasteiger partial charge in [0, 0.05) is 48.0 Å². The van der Waals surface area contributed by atoms with Crippen molar-refractivity contribution in [3.63, 3.8) is 0 Å². The fraction of sp³-hybridized carbons (Fsp3) is 0.308. The largest absolute Gasteiger partial charge is 0.348 e. The molecule has 1 aromatic carbocycles. The first kappa shape index (κ1) is 23.0. The Bertz CT molecular complexity index is 1210. The molecule has 6 nitrogen and oxygen atoms in total. The van der Waals surface area contributed by atoms with Crippen molar-refractivity contribution in [2.24, 2.45) is 0 Å². The van der Waals surface area contributed by atoms with Gasteiger partial charge in [0.25, 0.3) is 0 Å². The first-order valence-electron chi connectivity index (χ1n) is 11.3. The summed E-state index contributed by atoms with van der Waals surface area (Å²) in [5.74, 6) is 1.27. The lowest BCUT2D eigenvalue weighted by Crippen LogP contribution is -2.09. The van der Waals surface area contributed by atoms with Gasteiger partial charge in [0.15, 0.2) is 16.8 Å². The number of rotatable bonds is 10. The molecule has 0 aliphatic rings. The lowest BCUT2D eigenvalue weighted by Gasteiger charge is -2.10. The third-order valence-electron chi connectivity index (χ3n) is 5.78. The second-order valence-corrected chi connectivity index (χ2v) is 9.02. The number of carbonyl (C=O) groups is 1. The molecule has 3 heterocycles. The summed E-state index contributed by atoms with van der Waals surface area (Å²) >= 11 is 1.45. The number of carbonyl (C=O) groups excluding carboxylic acids is 1. The zero-order valence-electron chi connectivity index (χ0n) is 19.4. The molecule has 0 aliphatic heterocycles. The van der Waals surface area contributed by atoms with E-state index in [1.807, 2.05) is 31.2 Å². The van der Waals surface area contributed by atoms with Crippen LogP contribution >= 0.6 is 11.8 Å². The molecule has 7 heteroatoms. The minimum absolute atomic E-state index is 0.121. The summed E-state index contributed by atoms with van der Waals surface area (Å²) < 4.78 is 4.34. The van der Waals surface area contributed by atoms with Crippen molar-refractivity contribution in [2.45, 2.75) is 51.9 Å². The molecule has 4 rings (SSSR count). The fourth-order valence-corrected chi connectivity index (χ4v) is 4.90. The van der Waals surface area contributed by atoms with E-state index in [0.29, 0.717) is 5.75 Å². The van der Waals surface area contributed by atoms with Crippen LogP contribution in [0, 0.1) is 13.8 Å². The summed E-state index contributed by atoms with van der Waals surface area (Å²) in [5, 5.41) is 9.55. The van der Waals surface area contributed by atoms with E-state index >= 15 is 0 Å². The molecule has 0 atom stereocenters. The Labute approximate surface area is 199 Å². The molecular formula is C26H29N5OS. The molecule has 0 radical (unpaired) electrons. The monoisotopic (exact) mass is 459 g/mol. The number of hydrogen-bond donors (Lipinski definition) is 0. The fourth-order valence-electron chi connectivity index (χ4n) is 4.06. The first-order chi connectivity index (χ1) is 16.1. The van der Waals surface area contributed by atoms with Crippen LogP contribution in [0.25, 0.3) is 11.4 Å². The third-order valence-corrected chi connectivity index (χ3v) is 6.74. The number of Topliss-reactive ketones (excluding diaryl/α,β-unsaturated/α-hetero) is 1.